The minimum absolute atomic E-state index is 0.0992. The largest absolute Gasteiger partial charge is 0.392 e. The van der Waals surface area contributed by atoms with E-state index in [1.54, 1.807) is 0 Å². The highest BCUT2D eigenvalue weighted by molar-refractivity contribution is 5.26. The first-order valence-corrected chi connectivity index (χ1v) is 5.40. The fraction of sp³-hybridized carbons (Fsp3) is 0.231. The highest BCUT2D eigenvalue weighted by Crippen LogP contribution is 2.08. The van der Waals surface area contributed by atoms with Crippen molar-refractivity contribution in [1.82, 2.24) is 10.3 Å². The molecule has 0 aliphatic rings. The molecule has 0 aliphatic heterocycles. The van der Waals surface area contributed by atoms with Crippen LogP contribution < -0.4 is 5.32 Å². The zero-order valence-electron chi connectivity index (χ0n) is 9.11. The first-order chi connectivity index (χ1) is 7.90. The van der Waals surface area contributed by atoms with Crippen LogP contribution in [0.4, 0.5) is 0 Å². The fourth-order valence-electron chi connectivity index (χ4n) is 1.69. The minimum Gasteiger partial charge on any atom is -0.392 e. The second-order valence-corrected chi connectivity index (χ2v) is 3.75. The number of H-pyrrole nitrogens is 1. The molecule has 0 radical (unpaired) electrons. The van der Waals surface area contributed by atoms with Gasteiger partial charge in [-0.1, -0.05) is 24.3 Å². The normalized spacial score (nSPS) is 10.6. The minimum atomic E-state index is 0.0992. The molecule has 0 unspecified atom stereocenters. The van der Waals surface area contributed by atoms with E-state index in [1.165, 1.54) is 5.56 Å². The second kappa shape index (κ2) is 5.49. The number of aliphatic hydroxyl groups excluding tert-OH is 1. The van der Waals surface area contributed by atoms with Gasteiger partial charge in [-0.05, 0) is 22.8 Å². The maximum Gasteiger partial charge on any atom is 0.0685 e. The second-order valence-electron chi connectivity index (χ2n) is 3.75. The van der Waals surface area contributed by atoms with Gasteiger partial charge in [0.2, 0.25) is 0 Å². The summed E-state index contributed by atoms with van der Waals surface area (Å²) in [5.41, 5.74) is 3.38. The van der Waals surface area contributed by atoms with Gasteiger partial charge in [0.1, 0.15) is 0 Å². The molecular weight excluding hydrogens is 200 g/mol. The van der Waals surface area contributed by atoms with E-state index in [0.717, 1.165) is 24.2 Å². The number of rotatable bonds is 5. The Bertz CT molecular complexity index is 423. The van der Waals surface area contributed by atoms with Crippen LogP contribution in [0.15, 0.2) is 42.7 Å². The molecule has 2 aromatic rings. The van der Waals surface area contributed by atoms with Gasteiger partial charge in [-0.3, -0.25) is 0 Å². The summed E-state index contributed by atoms with van der Waals surface area (Å²) >= 11 is 0. The summed E-state index contributed by atoms with van der Waals surface area (Å²) in [6.45, 7) is 1.72. The molecule has 3 heteroatoms. The first kappa shape index (κ1) is 10.9. The molecule has 1 heterocycles. The molecule has 0 fully saturated rings. The fourth-order valence-corrected chi connectivity index (χ4v) is 1.69. The van der Waals surface area contributed by atoms with E-state index in [9.17, 15) is 0 Å². The molecule has 16 heavy (non-hydrogen) atoms. The number of hydrogen-bond acceptors (Lipinski definition) is 2. The SMILES string of the molecule is OCc1ccccc1CNCc1cc[nH]c1. The molecule has 2 rings (SSSR count). The lowest BCUT2D eigenvalue weighted by molar-refractivity contribution is 0.280. The maximum atomic E-state index is 9.17. The zero-order chi connectivity index (χ0) is 11.2. The lowest BCUT2D eigenvalue weighted by atomic mass is 10.1. The third-order valence-electron chi connectivity index (χ3n) is 2.60. The highest BCUT2D eigenvalue weighted by atomic mass is 16.3. The highest BCUT2D eigenvalue weighted by Gasteiger charge is 1.99. The lowest BCUT2D eigenvalue weighted by Gasteiger charge is -2.07. The van der Waals surface area contributed by atoms with Crippen molar-refractivity contribution in [3.8, 4) is 0 Å². The Hall–Kier alpha value is -1.58. The summed E-state index contributed by atoms with van der Waals surface area (Å²) < 4.78 is 0. The van der Waals surface area contributed by atoms with Crippen LogP contribution in [0.5, 0.6) is 0 Å². The number of nitrogens with one attached hydrogen (secondary N) is 2. The van der Waals surface area contributed by atoms with Gasteiger partial charge in [-0.2, -0.15) is 0 Å². The quantitative estimate of drug-likeness (QED) is 0.713. The molecule has 0 saturated heterocycles. The summed E-state index contributed by atoms with van der Waals surface area (Å²) in [5.74, 6) is 0. The van der Waals surface area contributed by atoms with E-state index in [2.05, 4.69) is 10.3 Å². The van der Waals surface area contributed by atoms with Gasteiger partial charge in [0.05, 0.1) is 6.61 Å². The van der Waals surface area contributed by atoms with Crippen LogP contribution >= 0.6 is 0 Å². The summed E-state index contributed by atoms with van der Waals surface area (Å²) in [6, 6.07) is 9.97. The van der Waals surface area contributed by atoms with Crippen molar-refractivity contribution in [2.45, 2.75) is 19.7 Å². The third kappa shape index (κ3) is 2.72. The molecule has 0 amide bonds. The Morgan fingerprint density at radius 3 is 2.56 bits per heavy atom. The van der Waals surface area contributed by atoms with Crippen LogP contribution in [-0.2, 0) is 19.7 Å². The number of aromatic amines is 1. The summed E-state index contributed by atoms with van der Waals surface area (Å²) in [5, 5.41) is 12.5. The first-order valence-electron chi connectivity index (χ1n) is 5.40. The Morgan fingerprint density at radius 2 is 1.88 bits per heavy atom. The van der Waals surface area contributed by atoms with Gasteiger partial charge < -0.3 is 15.4 Å². The summed E-state index contributed by atoms with van der Waals surface area (Å²) in [6.07, 6.45) is 3.89. The molecule has 3 nitrogen and oxygen atoms in total. The van der Waals surface area contributed by atoms with Crippen LogP contribution in [0.1, 0.15) is 16.7 Å². The van der Waals surface area contributed by atoms with Gasteiger partial charge in [0.15, 0.2) is 0 Å². The molecular formula is C13H16N2O. The van der Waals surface area contributed by atoms with Crippen LogP contribution in [0.25, 0.3) is 0 Å². The van der Waals surface area contributed by atoms with E-state index in [4.69, 9.17) is 5.11 Å². The summed E-state index contributed by atoms with van der Waals surface area (Å²) in [4.78, 5) is 3.02. The molecule has 1 aromatic carbocycles. The van der Waals surface area contributed by atoms with Crippen LogP contribution in [-0.4, -0.2) is 10.1 Å². The van der Waals surface area contributed by atoms with Crippen molar-refractivity contribution in [2.75, 3.05) is 0 Å². The van der Waals surface area contributed by atoms with E-state index in [-0.39, 0.29) is 6.61 Å². The average molecular weight is 216 g/mol. The topological polar surface area (TPSA) is 48.0 Å². The molecule has 3 N–H and O–H groups in total. The molecule has 1 aromatic heterocycles. The zero-order valence-corrected chi connectivity index (χ0v) is 9.11. The van der Waals surface area contributed by atoms with E-state index in [0.29, 0.717) is 0 Å². The van der Waals surface area contributed by atoms with Crippen molar-refractivity contribution in [3.05, 3.63) is 59.4 Å². The number of aromatic nitrogens is 1. The van der Waals surface area contributed by atoms with Crippen molar-refractivity contribution < 1.29 is 5.11 Å². The number of aliphatic hydroxyl groups is 1. The van der Waals surface area contributed by atoms with Gasteiger partial charge in [0.25, 0.3) is 0 Å². The third-order valence-corrected chi connectivity index (χ3v) is 2.60. The number of benzene rings is 1. The molecule has 0 saturated carbocycles. The molecule has 0 spiro atoms. The Balaban J connectivity index is 1.89. The molecule has 0 atom stereocenters. The smallest absolute Gasteiger partial charge is 0.0685 e. The van der Waals surface area contributed by atoms with Crippen molar-refractivity contribution in [3.63, 3.8) is 0 Å². The predicted octanol–water partition coefficient (Wildman–Crippen LogP) is 1.80. The Kier molecular flexibility index (Phi) is 3.75. The Labute approximate surface area is 95.1 Å². The van der Waals surface area contributed by atoms with E-state index in [1.807, 2.05) is 42.7 Å². The number of hydrogen-bond donors (Lipinski definition) is 3. The van der Waals surface area contributed by atoms with E-state index >= 15 is 0 Å². The molecule has 84 valence electrons. The van der Waals surface area contributed by atoms with Crippen molar-refractivity contribution in [1.29, 1.82) is 0 Å². The Morgan fingerprint density at radius 1 is 1.06 bits per heavy atom. The van der Waals surface area contributed by atoms with Gasteiger partial charge in [-0.25, -0.2) is 0 Å². The van der Waals surface area contributed by atoms with Crippen molar-refractivity contribution in [2.24, 2.45) is 0 Å². The van der Waals surface area contributed by atoms with Crippen LogP contribution in [0, 0.1) is 0 Å². The van der Waals surface area contributed by atoms with Gasteiger partial charge in [-0.15, -0.1) is 0 Å². The lowest BCUT2D eigenvalue weighted by Crippen LogP contribution is -2.13. The average Bonchev–Trinajstić information content (AvgIpc) is 2.83. The van der Waals surface area contributed by atoms with Gasteiger partial charge in [0, 0.05) is 25.5 Å². The van der Waals surface area contributed by atoms with Crippen LogP contribution in [0.3, 0.4) is 0 Å². The molecule has 0 bridgehead atoms. The summed E-state index contributed by atoms with van der Waals surface area (Å²) in [7, 11) is 0. The standard InChI is InChI=1S/C13H16N2O/c16-10-13-4-2-1-3-12(13)9-15-8-11-5-6-14-7-11/h1-7,14-16H,8-10H2. The maximum absolute atomic E-state index is 9.17. The van der Waals surface area contributed by atoms with E-state index < -0.39 is 0 Å². The van der Waals surface area contributed by atoms with Crippen LogP contribution in [0.2, 0.25) is 0 Å². The molecule has 0 aliphatic carbocycles. The van der Waals surface area contributed by atoms with Gasteiger partial charge >= 0.3 is 0 Å². The predicted molar refractivity (Wildman–Crippen MR) is 63.7 cm³/mol. The monoisotopic (exact) mass is 216 g/mol. The van der Waals surface area contributed by atoms with Crippen molar-refractivity contribution >= 4 is 0 Å².